The average molecular weight is 392 g/mol. The number of unbranched alkanes of at least 4 members (excludes halogenated alkanes) is 2. The molecule has 0 unspecified atom stereocenters. The van der Waals surface area contributed by atoms with Crippen LogP contribution in [-0.4, -0.2) is 0 Å². The van der Waals surface area contributed by atoms with E-state index in [1.54, 1.807) is 0 Å². The van der Waals surface area contributed by atoms with Crippen molar-refractivity contribution in [1.29, 1.82) is 0 Å². The lowest BCUT2D eigenvalue weighted by Crippen LogP contribution is -1.93. The largest absolute Gasteiger partial charge is 0.120 e. The molecule has 0 spiro atoms. The predicted octanol–water partition coefficient (Wildman–Crippen LogP) is 7.82. The standard InChI is InChI=1S/C25H27S2/c1-2-3-6-16-23-17-11-18-24(26-19-21-12-7-4-8-13-21)25(23)27-20-22-14-9-5-10-15-22/h4-5,7-15,17-18H,1-3,6,16,19-20H2. The molecule has 3 aromatic carbocycles. The fourth-order valence-corrected chi connectivity index (χ4v) is 5.37. The molecule has 27 heavy (non-hydrogen) atoms. The highest BCUT2D eigenvalue weighted by molar-refractivity contribution is 8.01. The topological polar surface area (TPSA) is 0 Å². The summed E-state index contributed by atoms with van der Waals surface area (Å²) in [5, 5.41) is 0. The molecule has 0 aliphatic heterocycles. The van der Waals surface area contributed by atoms with Crippen molar-refractivity contribution < 1.29 is 0 Å². The van der Waals surface area contributed by atoms with Gasteiger partial charge in [0.2, 0.25) is 0 Å². The summed E-state index contributed by atoms with van der Waals surface area (Å²) in [6.07, 6.45) is 4.58. The molecule has 3 aromatic rings. The molecule has 3 rings (SSSR count). The third-order valence-electron chi connectivity index (χ3n) is 4.47. The summed E-state index contributed by atoms with van der Waals surface area (Å²) in [5.74, 6) is 2.04. The van der Waals surface area contributed by atoms with Gasteiger partial charge in [0.05, 0.1) is 0 Å². The van der Waals surface area contributed by atoms with Gasteiger partial charge in [-0.1, -0.05) is 92.6 Å². The minimum absolute atomic E-state index is 1.02. The van der Waals surface area contributed by atoms with Gasteiger partial charge < -0.3 is 0 Å². The van der Waals surface area contributed by atoms with E-state index in [9.17, 15) is 0 Å². The van der Waals surface area contributed by atoms with E-state index >= 15 is 0 Å². The first-order chi connectivity index (χ1) is 13.4. The van der Waals surface area contributed by atoms with E-state index in [0.717, 1.165) is 24.3 Å². The Bertz CT molecular complexity index is 797. The van der Waals surface area contributed by atoms with E-state index in [2.05, 4.69) is 85.8 Å². The number of aryl methyl sites for hydroxylation is 1. The third kappa shape index (κ3) is 6.48. The van der Waals surface area contributed by atoms with E-state index in [0.29, 0.717) is 0 Å². The van der Waals surface area contributed by atoms with Crippen LogP contribution in [-0.2, 0) is 17.9 Å². The fraction of sp³-hybridized carbons (Fsp3) is 0.240. The molecule has 0 aliphatic carbocycles. The minimum atomic E-state index is 1.02. The molecule has 0 atom stereocenters. The maximum absolute atomic E-state index is 3.99. The molecule has 0 amide bonds. The van der Waals surface area contributed by atoms with Crippen molar-refractivity contribution in [1.82, 2.24) is 0 Å². The second-order valence-corrected chi connectivity index (χ2v) is 8.61. The Kier molecular flexibility index (Phi) is 8.38. The van der Waals surface area contributed by atoms with Crippen molar-refractivity contribution in [2.45, 2.75) is 47.0 Å². The highest BCUT2D eigenvalue weighted by Gasteiger charge is 2.10. The lowest BCUT2D eigenvalue weighted by Gasteiger charge is -2.15. The van der Waals surface area contributed by atoms with Crippen molar-refractivity contribution in [2.24, 2.45) is 0 Å². The summed E-state index contributed by atoms with van der Waals surface area (Å²) in [4.78, 5) is 2.87. The maximum Gasteiger partial charge on any atom is 0.0243 e. The summed E-state index contributed by atoms with van der Waals surface area (Å²) >= 11 is 3.94. The van der Waals surface area contributed by atoms with Gasteiger partial charge in [0, 0.05) is 21.3 Å². The maximum atomic E-state index is 3.99. The van der Waals surface area contributed by atoms with Crippen LogP contribution in [0.2, 0.25) is 0 Å². The van der Waals surface area contributed by atoms with Crippen LogP contribution in [0, 0.1) is 6.92 Å². The first-order valence-electron chi connectivity index (χ1n) is 9.61. The number of benzene rings is 3. The molecule has 139 valence electrons. The first kappa shape index (κ1) is 20.1. The molecule has 0 fully saturated rings. The van der Waals surface area contributed by atoms with Gasteiger partial charge in [-0.15, -0.1) is 23.5 Å². The van der Waals surface area contributed by atoms with Gasteiger partial charge in [-0.3, -0.25) is 0 Å². The zero-order valence-corrected chi connectivity index (χ0v) is 17.4. The number of hydrogen-bond donors (Lipinski definition) is 0. The van der Waals surface area contributed by atoms with Crippen molar-refractivity contribution in [2.75, 3.05) is 0 Å². The Morgan fingerprint density at radius 1 is 0.630 bits per heavy atom. The van der Waals surface area contributed by atoms with Crippen molar-refractivity contribution in [3.8, 4) is 0 Å². The van der Waals surface area contributed by atoms with Crippen molar-refractivity contribution in [3.63, 3.8) is 0 Å². The summed E-state index contributed by atoms with van der Waals surface area (Å²) in [6, 6.07) is 28.3. The highest BCUT2D eigenvalue weighted by atomic mass is 32.2. The molecule has 0 bridgehead atoms. The van der Waals surface area contributed by atoms with Crippen molar-refractivity contribution >= 4 is 23.5 Å². The van der Waals surface area contributed by atoms with Gasteiger partial charge in [-0.2, -0.15) is 0 Å². The summed E-state index contributed by atoms with van der Waals surface area (Å²) in [6.45, 7) is 3.99. The summed E-state index contributed by atoms with van der Waals surface area (Å²) < 4.78 is 0. The lowest BCUT2D eigenvalue weighted by molar-refractivity contribution is 0.736. The van der Waals surface area contributed by atoms with E-state index in [4.69, 9.17) is 0 Å². The first-order valence-corrected chi connectivity index (χ1v) is 11.6. The average Bonchev–Trinajstić information content (AvgIpc) is 2.73. The predicted molar refractivity (Wildman–Crippen MR) is 121 cm³/mol. The van der Waals surface area contributed by atoms with Crippen LogP contribution in [0.3, 0.4) is 0 Å². The van der Waals surface area contributed by atoms with E-state index in [1.807, 2.05) is 23.5 Å². The normalized spacial score (nSPS) is 10.9. The number of hydrogen-bond acceptors (Lipinski definition) is 2. The molecule has 0 saturated heterocycles. The monoisotopic (exact) mass is 391 g/mol. The second kappa shape index (κ2) is 11.3. The smallest absolute Gasteiger partial charge is 0.0243 e. The lowest BCUT2D eigenvalue weighted by atomic mass is 10.1. The van der Waals surface area contributed by atoms with E-state index in [-0.39, 0.29) is 0 Å². The van der Waals surface area contributed by atoms with Crippen LogP contribution in [0.5, 0.6) is 0 Å². The Morgan fingerprint density at radius 2 is 1.26 bits per heavy atom. The van der Waals surface area contributed by atoms with Gasteiger partial charge in [-0.25, -0.2) is 0 Å². The van der Waals surface area contributed by atoms with E-state index < -0.39 is 0 Å². The molecule has 0 saturated carbocycles. The van der Waals surface area contributed by atoms with Crippen LogP contribution in [0.1, 0.15) is 36.0 Å². The zero-order chi connectivity index (χ0) is 18.7. The quantitative estimate of drug-likeness (QED) is 0.255. The molecule has 2 heteroatoms. The van der Waals surface area contributed by atoms with Gasteiger partial charge >= 0.3 is 0 Å². The molecular weight excluding hydrogens is 364 g/mol. The second-order valence-electron chi connectivity index (χ2n) is 6.60. The molecular formula is C25H27S2. The van der Waals surface area contributed by atoms with Gasteiger partial charge in [-0.05, 0) is 35.6 Å². The molecule has 0 heterocycles. The van der Waals surface area contributed by atoms with Gasteiger partial charge in [0.25, 0.3) is 0 Å². The van der Waals surface area contributed by atoms with Crippen molar-refractivity contribution in [3.05, 3.63) is 102 Å². The van der Waals surface area contributed by atoms with Gasteiger partial charge in [0.15, 0.2) is 0 Å². The van der Waals surface area contributed by atoms with Crippen LogP contribution < -0.4 is 0 Å². The molecule has 0 N–H and O–H groups in total. The molecule has 1 radical (unpaired) electrons. The van der Waals surface area contributed by atoms with Crippen LogP contribution >= 0.6 is 23.5 Å². The molecule has 0 aliphatic rings. The third-order valence-corrected chi connectivity index (χ3v) is 6.98. The van der Waals surface area contributed by atoms with Crippen LogP contribution in [0.25, 0.3) is 0 Å². The highest BCUT2D eigenvalue weighted by Crippen LogP contribution is 2.37. The van der Waals surface area contributed by atoms with Gasteiger partial charge in [0.1, 0.15) is 0 Å². The minimum Gasteiger partial charge on any atom is -0.120 e. The summed E-state index contributed by atoms with van der Waals surface area (Å²) in [5.41, 5.74) is 4.25. The zero-order valence-electron chi connectivity index (χ0n) is 15.8. The Labute approximate surface area is 172 Å². The van der Waals surface area contributed by atoms with Crippen LogP contribution in [0.15, 0.2) is 88.7 Å². The Morgan fingerprint density at radius 3 is 1.89 bits per heavy atom. The number of rotatable bonds is 10. The summed E-state index contributed by atoms with van der Waals surface area (Å²) in [7, 11) is 0. The number of thioether (sulfide) groups is 2. The SMILES string of the molecule is [CH2]CCCCc1cccc(SCc2ccccc2)c1SCc1ccccc1. The Balaban J connectivity index is 1.76. The van der Waals surface area contributed by atoms with E-state index in [1.165, 1.54) is 39.3 Å². The fourth-order valence-electron chi connectivity index (χ4n) is 2.99. The van der Waals surface area contributed by atoms with Crippen LogP contribution in [0.4, 0.5) is 0 Å². The molecule has 0 aromatic heterocycles. The Hall–Kier alpha value is -1.64. The molecule has 0 nitrogen and oxygen atoms in total.